The standard InChI is InChI=1S/C12H21N3O2/c1-14(10-4-6-13-7-5-10)9-12(17)15-8-2-3-11(15)16/h10,13H,2-9H2,1H3. The molecule has 0 spiro atoms. The van der Waals surface area contributed by atoms with Crippen LogP contribution in [0.3, 0.4) is 0 Å². The Kier molecular flexibility index (Phi) is 4.12. The molecule has 1 N–H and O–H groups in total. The van der Waals surface area contributed by atoms with Crippen molar-refractivity contribution < 1.29 is 9.59 Å². The van der Waals surface area contributed by atoms with Crippen LogP contribution in [0.4, 0.5) is 0 Å². The topological polar surface area (TPSA) is 52.7 Å². The Labute approximate surface area is 102 Å². The van der Waals surface area contributed by atoms with Crippen LogP contribution in [0.1, 0.15) is 25.7 Å². The first kappa shape index (κ1) is 12.5. The second-order valence-corrected chi connectivity index (χ2v) is 4.94. The lowest BCUT2D eigenvalue weighted by Gasteiger charge is -2.31. The molecule has 2 rings (SSSR count). The third-order valence-corrected chi connectivity index (χ3v) is 3.69. The first-order valence-corrected chi connectivity index (χ1v) is 6.42. The smallest absolute Gasteiger partial charge is 0.243 e. The van der Waals surface area contributed by atoms with Gasteiger partial charge in [0.15, 0.2) is 0 Å². The summed E-state index contributed by atoms with van der Waals surface area (Å²) in [6, 6.07) is 0.470. The van der Waals surface area contributed by atoms with E-state index in [-0.39, 0.29) is 11.8 Å². The lowest BCUT2D eigenvalue weighted by molar-refractivity contribution is -0.142. The highest BCUT2D eigenvalue weighted by Crippen LogP contribution is 2.13. The van der Waals surface area contributed by atoms with E-state index in [0.717, 1.165) is 32.4 Å². The Hall–Kier alpha value is -0.940. The maximum Gasteiger partial charge on any atom is 0.243 e. The second kappa shape index (κ2) is 5.60. The van der Waals surface area contributed by atoms with Gasteiger partial charge in [0.25, 0.3) is 0 Å². The average Bonchev–Trinajstić information content (AvgIpc) is 2.76. The van der Waals surface area contributed by atoms with Crippen LogP contribution in [-0.4, -0.2) is 60.9 Å². The Bertz CT molecular complexity index is 300. The molecule has 0 aliphatic carbocycles. The molecule has 2 saturated heterocycles. The van der Waals surface area contributed by atoms with Crippen molar-refractivity contribution in [1.29, 1.82) is 0 Å². The van der Waals surface area contributed by atoms with Crippen LogP contribution in [0.5, 0.6) is 0 Å². The quantitative estimate of drug-likeness (QED) is 0.742. The van der Waals surface area contributed by atoms with Crippen molar-refractivity contribution in [3.63, 3.8) is 0 Å². The van der Waals surface area contributed by atoms with Gasteiger partial charge in [-0.15, -0.1) is 0 Å². The number of hydrogen-bond acceptors (Lipinski definition) is 4. The van der Waals surface area contributed by atoms with E-state index in [4.69, 9.17) is 0 Å². The van der Waals surface area contributed by atoms with Crippen molar-refractivity contribution in [2.45, 2.75) is 31.7 Å². The van der Waals surface area contributed by atoms with E-state index in [1.807, 2.05) is 7.05 Å². The molecule has 2 aliphatic rings. The predicted molar refractivity (Wildman–Crippen MR) is 64.5 cm³/mol. The Morgan fingerprint density at radius 1 is 1.47 bits per heavy atom. The van der Waals surface area contributed by atoms with Gasteiger partial charge in [-0.25, -0.2) is 0 Å². The van der Waals surface area contributed by atoms with E-state index in [0.29, 0.717) is 25.6 Å². The minimum absolute atomic E-state index is 0.00582. The summed E-state index contributed by atoms with van der Waals surface area (Å²) in [5.41, 5.74) is 0. The number of nitrogens with zero attached hydrogens (tertiary/aromatic N) is 2. The Balaban J connectivity index is 1.82. The number of hydrogen-bond donors (Lipinski definition) is 1. The van der Waals surface area contributed by atoms with Crippen molar-refractivity contribution in [1.82, 2.24) is 15.1 Å². The molecule has 5 heteroatoms. The number of imide groups is 1. The number of carbonyl (C=O) groups is 2. The Morgan fingerprint density at radius 3 is 2.76 bits per heavy atom. The number of carbonyl (C=O) groups excluding carboxylic acids is 2. The number of piperidine rings is 1. The van der Waals surface area contributed by atoms with Gasteiger partial charge >= 0.3 is 0 Å². The van der Waals surface area contributed by atoms with Crippen molar-refractivity contribution >= 4 is 11.8 Å². The van der Waals surface area contributed by atoms with Crippen LogP contribution >= 0.6 is 0 Å². The summed E-state index contributed by atoms with van der Waals surface area (Å²) in [5, 5.41) is 3.31. The third-order valence-electron chi connectivity index (χ3n) is 3.69. The fraction of sp³-hybridized carbons (Fsp3) is 0.833. The number of nitrogens with one attached hydrogen (secondary N) is 1. The maximum absolute atomic E-state index is 12.0. The minimum atomic E-state index is -0.0338. The van der Waals surface area contributed by atoms with Gasteiger partial charge in [-0.3, -0.25) is 19.4 Å². The van der Waals surface area contributed by atoms with Gasteiger partial charge in [-0.05, 0) is 39.4 Å². The molecule has 0 aromatic heterocycles. The van der Waals surface area contributed by atoms with Crippen LogP contribution in [0.25, 0.3) is 0 Å². The van der Waals surface area contributed by atoms with E-state index in [1.54, 1.807) is 0 Å². The van der Waals surface area contributed by atoms with Gasteiger partial charge in [0.1, 0.15) is 0 Å². The first-order valence-electron chi connectivity index (χ1n) is 6.42. The molecule has 0 aromatic carbocycles. The van der Waals surface area contributed by atoms with Gasteiger partial charge in [0.05, 0.1) is 6.54 Å². The van der Waals surface area contributed by atoms with Gasteiger partial charge < -0.3 is 5.32 Å². The molecular formula is C12H21N3O2. The van der Waals surface area contributed by atoms with Crippen molar-refractivity contribution in [2.75, 3.05) is 33.2 Å². The monoisotopic (exact) mass is 239 g/mol. The molecule has 0 radical (unpaired) electrons. The van der Waals surface area contributed by atoms with E-state index < -0.39 is 0 Å². The fourth-order valence-electron chi connectivity index (χ4n) is 2.59. The zero-order chi connectivity index (χ0) is 12.3. The lowest BCUT2D eigenvalue weighted by Crippen LogP contribution is -2.46. The Morgan fingerprint density at radius 2 is 2.18 bits per heavy atom. The summed E-state index contributed by atoms with van der Waals surface area (Å²) in [6.45, 7) is 3.02. The zero-order valence-corrected chi connectivity index (χ0v) is 10.4. The molecule has 2 aliphatic heterocycles. The molecule has 0 unspecified atom stereocenters. The van der Waals surface area contributed by atoms with E-state index in [9.17, 15) is 9.59 Å². The summed E-state index contributed by atoms with van der Waals surface area (Å²) in [4.78, 5) is 26.9. The molecule has 0 aromatic rings. The predicted octanol–water partition coefficient (Wildman–Crippen LogP) is -0.181. The number of rotatable bonds is 3. The summed E-state index contributed by atoms with van der Waals surface area (Å²) in [5.74, 6) is -0.0396. The molecule has 0 saturated carbocycles. The largest absolute Gasteiger partial charge is 0.317 e. The normalized spacial score (nSPS) is 22.5. The highest BCUT2D eigenvalue weighted by atomic mass is 16.2. The van der Waals surface area contributed by atoms with Crippen molar-refractivity contribution in [2.24, 2.45) is 0 Å². The molecule has 2 amide bonds. The molecule has 0 bridgehead atoms. The number of likely N-dealkylation sites (tertiary alicyclic amines) is 1. The molecule has 17 heavy (non-hydrogen) atoms. The van der Waals surface area contributed by atoms with Gasteiger partial charge in [-0.2, -0.15) is 0 Å². The molecule has 96 valence electrons. The van der Waals surface area contributed by atoms with Gasteiger partial charge in [0.2, 0.25) is 11.8 Å². The summed E-state index contributed by atoms with van der Waals surface area (Å²) in [6.07, 6.45) is 3.51. The van der Waals surface area contributed by atoms with E-state index in [2.05, 4.69) is 10.2 Å². The molecule has 2 heterocycles. The van der Waals surface area contributed by atoms with Gasteiger partial charge in [0, 0.05) is 19.0 Å². The second-order valence-electron chi connectivity index (χ2n) is 4.94. The minimum Gasteiger partial charge on any atom is -0.317 e. The molecule has 0 atom stereocenters. The average molecular weight is 239 g/mol. The number of likely N-dealkylation sites (N-methyl/N-ethyl adjacent to an activating group) is 1. The molecule has 5 nitrogen and oxygen atoms in total. The van der Waals surface area contributed by atoms with Crippen LogP contribution in [0.15, 0.2) is 0 Å². The summed E-state index contributed by atoms with van der Waals surface area (Å²) in [7, 11) is 1.98. The highest BCUT2D eigenvalue weighted by Gasteiger charge is 2.28. The maximum atomic E-state index is 12.0. The lowest BCUT2D eigenvalue weighted by atomic mass is 10.1. The fourth-order valence-corrected chi connectivity index (χ4v) is 2.59. The molecular weight excluding hydrogens is 218 g/mol. The summed E-state index contributed by atoms with van der Waals surface area (Å²) >= 11 is 0. The van der Waals surface area contributed by atoms with Crippen LogP contribution < -0.4 is 5.32 Å². The van der Waals surface area contributed by atoms with E-state index in [1.165, 1.54) is 4.90 Å². The van der Waals surface area contributed by atoms with Gasteiger partial charge in [-0.1, -0.05) is 0 Å². The summed E-state index contributed by atoms with van der Waals surface area (Å²) < 4.78 is 0. The van der Waals surface area contributed by atoms with Crippen molar-refractivity contribution in [3.05, 3.63) is 0 Å². The third kappa shape index (κ3) is 3.04. The van der Waals surface area contributed by atoms with Crippen LogP contribution in [-0.2, 0) is 9.59 Å². The van der Waals surface area contributed by atoms with Crippen LogP contribution in [0.2, 0.25) is 0 Å². The van der Waals surface area contributed by atoms with Crippen molar-refractivity contribution in [3.8, 4) is 0 Å². The first-order chi connectivity index (χ1) is 8.18. The van der Waals surface area contributed by atoms with E-state index >= 15 is 0 Å². The zero-order valence-electron chi connectivity index (χ0n) is 10.4. The van der Waals surface area contributed by atoms with Crippen LogP contribution in [0, 0.1) is 0 Å². The SMILES string of the molecule is CN(CC(=O)N1CCCC1=O)C1CCNCC1. The molecule has 2 fully saturated rings. The number of amides is 2. The highest BCUT2D eigenvalue weighted by molar-refractivity contribution is 5.97.